The summed E-state index contributed by atoms with van der Waals surface area (Å²) in [6.45, 7) is 3.13. The van der Waals surface area contributed by atoms with Gasteiger partial charge in [0.2, 0.25) is 5.91 Å². The second-order valence-corrected chi connectivity index (χ2v) is 7.14. The summed E-state index contributed by atoms with van der Waals surface area (Å²) < 4.78 is 0. The molecule has 0 bridgehead atoms. The van der Waals surface area contributed by atoms with Gasteiger partial charge in [0.15, 0.2) is 0 Å². The molecule has 21 heavy (non-hydrogen) atoms. The third-order valence-corrected chi connectivity index (χ3v) is 5.38. The number of amides is 1. The number of hydrogen-bond acceptors (Lipinski definition) is 2. The van der Waals surface area contributed by atoms with Crippen LogP contribution >= 0.6 is 0 Å². The number of nitrogens with two attached hydrogens (primary N) is 1. The van der Waals surface area contributed by atoms with Crippen molar-refractivity contribution in [1.82, 2.24) is 4.90 Å². The Hall–Kier alpha value is -0.570. The maximum Gasteiger partial charge on any atom is 0.225 e. The van der Waals surface area contributed by atoms with Crippen LogP contribution in [0.5, 0.6) is 0 Å². The van der Waals surface area contributed by atoms with Crippen LogP contribution in [0, 0.1) is 5.92 Å². The number of carbonyl (C=O) groups is 1. The first kappa shape index (κ1) is 16.8. The van der Waals surface area contributed by atoms with Crippen LogP contribution in [-0.4, -0.2) is 29.4 Å². The number of hydrogen-bond donors (Lipinski definition) is 1. The largest absolute Gasteiger partial charge is 0.339 e. The van der Waals surface area contributed by atoms with Gasteiger partial charge in [-0.05, 0) is 44.9 Å². The minimum atomic E-state index is 0.299. The van der Waals surface area contributed by atoms with Crippen LogP contribution < -0.4 is 5.73 Å². The Morgan fingerprint density at radius 1 is 0.952 bits per heavy atom. The Morgan fingerprint density at radius 2 is 1.52 bits per heavy atom. The van der Waals surface area contributed by atoms with Crippen LogP contribution in [-0.2, 0) is 4.79 Å². The van der Waals surface area contributed by atoms with Crippen molar-refractivity contribution in [2.75, 3.05) is 6.54 Å². The molecule has 0 radical (unpaired) electrons. The summed E-state index contributed by atoms with van der Waals surface area (Å²) >= 11 is 0. The third-order valence-electron chi connectivity index (χ3n) is 5.38. The highest BCUT2D eigenvalue weighted by Gasteiger charge is 2.31. The second kappa shape index (κ2) is 8.77. The lowest BCUT2D eigenvalue weighted by Gasteiger charge is -2.38. The van der Waals surface area contributed by atoms with E-state index in [1.54, 1.807) is 0 Å². The summed E-state index contributed by atoms with van der Waals surface area (Å²) in [5, 5.41) is 0. The molecular formula is C18H34N2O. The minimum Gasteiger partial charge on any atom is -0.339 e. The molecule has 0 atom stereocenters. The van der Waals surface area contributed by atoms with Crippen LogP contribution in [0.25, 0.3) is 0 Å². The summed E-state index contributed by atoms with van der Waals surface area (Å²) in [6.07, 6.45) is 14.2. The molecule has 2 saturated carbocycles. The fourth-order valence-electron chi connectivity index (χ4n) is 4.06. The van der Waals surface area contributed by atoms with Gasteiger partial charge >= 0.3 is 0 Å². The van der Waals surface area contributed by atoms with Crippen molar-refractivity contribution in [3.8, 4) is 0 Å². The van der Waals surface area contributed by atoms with Crippen LogP contribution in [0.3, 0.4) is 0 Å². The molecule has 0 aromatic rings. The molecule has 2 fully saturated rings. The zero-order chi connectivity index (χ0) is 15.1. The van der Waals surface area contributed by atoms with Gasteiger partial charge in [-0.25, -0.2) is 0 Å². The zero-order valence-corrected chi connectivity index (χ0v) is 13.9. The highest BCUT2D eigenvalue weighted by Crippen LogP contribution is 2.28. The van der Waals surface area contributed by atoms with Gasteiger partial charge in [0.1, 0.15) is 0 Å². The molecule has 0 aliphatic heterocycles. The number of rotatable bonds is 4. The molecule has 2 aliphatic rings. The lowest BCUT2D eigenvalue weighted by Crippen LogP contribution is -2.47. The number of carbonyl (C=O) groups excluding carboxylic acids is 1. The molecule has 3 nitrogen and oxygen atoms in total. The maximum absolute atomic E-state index is 13.0. The monoisotopic (exact) mass is 294 g/mol. The lowest BCUT2D eigenvalue weighted by molar-refractivity contribution is -0.139. The molecule has 1 amide bonds. The van der Waals surface area contributed by atoms with Gasteiger partial charge in [0, 0.05) is 24.5 Å². The van der Waals surface area contributed by atoms with E-state index in [2.05, 4.69) is 11.8 Å². The summed E-state index contributed by atoms with van der Waals surface area (Å²) in [5.74, 6) is 0.756. The topological polar surface area (TPSA) is 46.3 Å². The molecule has 3 heteroatoms. The first-order valence-electron chi connectivity index (χ1n) is 9.28. The molecular weight excluding hydrogens is 260 g/mol. The van der Waals surface area contributed by atoms with E-state index in [1.165, 1.54) is 32.1 Å². The molecule has 122 valence electrons. The van der Waals surface area contributed by atoms with Crippen LogP contribution in [0.4, 0.5) is 0 Å². The molecule has 0 aromatic heterocycles. The smallest absolute Gasteiger partial charge is 0.225 e. The maximum atomic E-state index is 13.0. The van der Waals surface area contributed by atoms with Gasteiger partial charge in [-0.3, -0.25) is 4.79 Å². The van der Waals surface area contributed by atoms with Gasteiger partial charge in [0.05, 0.1) is 0 Å². The predicted molar refractivity (Wildman–Crippen MR) is 88.0 cm³/mol. The third kappa shape index (κ3) is 4.98. The molecule has 0 spiro atoms. The molecule has 2 aliphatic carbocycles. The van der Waals surface area contributed by atoms with Gasteiger partial charge < -0.3 is 10.6 Å². The molecule has 2 rings (SSSR count). The van der Waals surface area contributed by atoms with E-state index in [0.29, 0.717) is 23.9 Å². The molecule has 0 heterocycles. The van der Waals surface area contributed by atoms with Crippen LogP contribution in [0.2, 0.25) is 0 Å². The normalized spacial score (nSPS) is 28.7. The first-order valence-corrected chi connectivity index (χ1v) is 9.28. The minimum absolute atomic E-state index is 0.299. The summed E-state index contributed by atoms with van der Waals surface area (Å²) in [6, 6.07) is 0.823. The summed E-state index contributed by atoms with van der Waals surface area (Å²) in [7, 11) is 0. The summed E-state index contributed by atoms with van der Waals surface area (Å²) in [5.41, 5.74) is 6.02. The van der Waals surface area contributed by atoms with Crippen LogP contribution in [0.15, 0.2) is 0 Å². The average Bonchev–Trinajstić information content (AvgIpc) is 2.45. The Balaban J connectivity index is 1.96. The standard InChI is InChI=1S/C18H34N2O/c1-2-14-20(17-12-10-16(19)11-13-17)18(21)15-8-6-4-3-5-7-9-15/h15-17H,2-14,19H2,1H3. The van der Waals surface area contributed by atoms with Crippen molar-refractivity contribution in [2.24, 2.45) is 11.7 Å². The van der Waals surface area contributed by atoms with Crippen molar-refractivity contribution in [3.63, 3.8) is 0 Å². The van der Waals surface area contributed by atoms with E-state index >= 15 is 0 Å². The Bertz CT molecular complexity index is 302. The fourth-order valence-corrected chi connectivity index (χ4v) is 4.06. The molecule has 2 N–H and O–H groups in total. The van der Waals surface area contributed by atoms with Crippen LogP contribution in [0.1, 0.15) is 84.0 Å². The van der Waals surface area contributed by atoms with Gasteiger partial charge in [0.25, 0.3) is 0 Å². The predicted octanol–water partition coefficient (Wildman–Crippen LogP) is 3.86. The molecule has 0 aromatic carbocycles. The van der Waals surface area contributed by atoms with E-state index in [9.17, 15) is 4.79 Å². The van der Waals surface area contributed by atoms with Crippen molar-refractivity contribution < 1.29 is 4.79 Å². The summed E-state index contributed by atoms with van der Waals surface area (Å²) in [4.78, 5) is 15.3. The second-order valence-electron chi connectivity index (χ2n) is 7.14. The van der Waals surface area contributed by atoms with Crippen molar-refractivity contribution in [1.29, 1.82) is 0 Å². The Kier molecular flexibility index (Phi) is 7.01. The molecule has 0 unspecified atom stereocenters. The Morgan fingerprint density at radius 3 is 2.10 bits per heavy atom. The van der Waals surface area contributed by atoms with E-state index in [1.807, 2.05) is 0 Å². The number of nitrogens with zero attached hydrogens (tertiary/aromatic N) is 1. The van der Waals surface area contributed by atoms with Gasteiger partial charge in [-0.1, -0.05) is 39.0 Å². The average molecular weight is 294 g/mol. The van der Waals surface area contributed by atoms with Crippen molar-refractivity contribution in [3.05, 3.63) is 0 Å². The first-order chi connectivity index (χ1) is 10.2. The van der Waals surface area contributed by atoms with E-state index in [0.717, 1.165) is 51.5 Å². The highest BCUT2D eigenvalue weighted by atomic mass is 16.2. The van der Waals surface area contributed by atoms with Crippen molar-refractivity contribution >= 4 is 5.91 Å². The van der Waals surface area contributed by atoms with Gasteiger partial charge in [-0.15, -0.1) is 0 Å². The van der Waals surface area contributed by atoms with E-state index in [4.69, 9.17) is 5.73 Å². The lowest BCUT2D eigenvalue weighted by atomic mass is 9.87. The van der Waals surface area contributed by atoms with E-state index < -0.39 is 0 Å². The quantitative estimate of drug-likeness (QED) is 0.856. The highest BCUT2D eigenvalue weighted by molar-refractivity contribution is 5.79. The fraction of sp³-hybridized carbons (Fsp3) is 0.944. The van der Waals surface area contributed by atoms with Gasteiger partial charge in [-0.2, -0.15) is 0 Å². The SMILES string of the molecule is CCCN(C(=O)C1CCCCCCC1)C1CCC(N)CC1. The zero-order valence-electron chi connectivity index (χ0n) is 13.9. The Labute approximate surface area is 130 Å². The molecule has 0 saturated heterocycles. The van der Waals surface area contributed by atoms with E-state index in [-0.39, 0.29) is 0 Å². The van der Waals surface area contributed by atoms with Crippen molar-refractivity contribution in [2.45, 2.75) is 96.1 Å².